The zero-order chi connectivity index (χ0) is 24.9. The quantitative estimate of drug-likeness (QED) is 0.343. The van der Waals surface area contributed by atoms with Crippen molar-refractivity contribution < 1.29 is 19.1 Å². The van der Waals surface area contributed by atoms with Gasteiger partial charge in [0.15, 0.2) is 0 Å². The third kappa shape index (κ3) is 5.58. The lowest BCUT2D eigenvalue weighted by molar-refractivity contribution is -0.116. The van der Waals surface area contributed by atoms with Gasteiger partial charge in [-0.1, -0.05) is 51.9 Å². The number of anilines is 1. The van der Waals surface area contributed by atoms with Crippen LogP contribution in [0.5, 0.6) is 17.2 Å². The second kappa shape index (κ2) is 11.2. The van der Waals surface area contributed by atoms with E-state index < -0.39 is 0 Å². The number of carbonyl (C=O) groups excluding carboxylic acids is 2. The summed E-state index contributed by atoms with van der Waals surface area (Å²) in [5.41, 5.74) is 1.97. The van der Waals surface area contributed by atoms with Gasteiger partial charge in [-0.15, -0.1) is 0 Å². The highest BCUT2D eigenvalue weighted by atomic mass is 16.5. The predicted molar refractivity (Wildman–Crippen MR) is 138 cm³/mol. The molecule has 3 amide bonds. The van der Waals surface area contributed by atoms with Gasteiger partial charge in [-0.05, 0) is 37.1 Å². The van der Waals surface area contributed by atoms with E-state index in [1.165, 1.54) is 38.5 Å². The molecule has 8 nitrogen and oxygen atoms in total. The normalized spacial score (nSPS) is 20.9. The Kier molecular flexibility index (Phi) is 7.58. The molecule has 3 N–H and O–H groups in total. The van der Waals surface area contributed by atoms with Gasteiger partial charge in [0.1, 0.15) is 29.2 Å². The standard InChI is InChI=1S/C28H36N4O4/c1-2-3-4-5-6-7-8-9-15-30-28(34)32-25-24-20-17-18(10-12-21(20)36-26(24)25)35-22-14-16-29-27-19(22)11-13-23(33)31-27/h10,12,14,16-17,24-26H,2-9,11,13,15H2,1H3,(H,29,31,33)(H2,30,32,34)/t24-,25-,26?/m0/s1. The molecule has 3 aliphatic rings. The van der Waals surface area contributed by atoms with Crippen molar-refractivity contribution in [3.8, 4) is 17.2 Å². The zero-order valence-electron chi connectivity index (χ0n) is 21.0. The molecule has 1 aliphatic carbocycles. The number of fused-ring (bicyclic) bond motifs is 4. The van der Waals surface area contributed by atoms with E-state index >= 15 is 0 Å². The first-order valence-electron chi connectivity index (χ1n) is 13.4. The van der Waals surface area contributed by atoms with Crippen molar-refractivity contribution in [3.05, 3.63) is 41.6 Å². The van der Waals surface area contributed by atoms with Crippen LogP contribution in [-0.2, 0) is 11.2 Å². The summed E-state index contributed by atoms with van der Waals surface area (Å²) >= 11 is 0. The molecule has 1 saturated carbocycles. The molecular weight excluding hydrogens is 456 g/mol. The molecule has 1 fully saturated rings. The largest absolute Gasteiger partial charge is 0.487 e. The number of urea groups is 1. The van der Waals surface area contributed by atoms with Crippen molar-refractivity contribution in [2.45, 2.75) is 89.2 Å². The molecule has 1 aromatic heterocycles. The molecule has 0 spiro atoms. The second-order valence-electron chi connectivity index (χ2n) is 10.00. The summed E-state index contributed by atoms with van der Waals surface area (Å²) in [7, 11) is 0. The number of unbranched alkanes of at least 4 members (excludes halogenated alkanes) is 7. The van der Waals surface area contributed by atoms with Gasteiger partial charge in [0.05, 0.1) is 12.0 Å². The minimum absolute atomic E-state index is 0.0183. The molecule has 5 rings (SSSR count). The number of rotatable bonds is 12. The monoisotopic (exact) mass is 492 g/mol. The van der Waals surface area contributed by atoms with Crippen LogP contribution in [0.1, 0.15) is 81.8 Å². The molecule has 0 radical (unpaired) electrons. The van der Waals surface area contributed by atoms with Gasteiger partial charge in [0, 0.05) is 30.3 Å². The fourth-order valence-electron chi connectivity index (χ4n) is 5.22. The predicted octanol–water partition coefficient (Wildman–Crippen LogP) is 5.43. The number of carbonyl (C=O) groups is 2. The number of hydrogen-bond donors (Lipinski definition) is 3. The molecule has 1 unspecified atom stereocenters. The van der Waals surface area contributed by atoms with Crippen LogP contribution in [0.4, 0.5) is 10.6 Å². The van der Waals surface area contributed by atoms with Crippen molar-refractivity contribution in [2.24, 2.45) is 0 Å². The number of amides is 3. The number of nitrogens with zero attached hydrogens (tertiary/aromatic N) is 1. The summed E-state index contributed by atoms with van der Waals surface area (Å²) in [6.07, 6.45) is 12.6. The second-order valence-corrected chi connectivity index (χ2v) is 10.00. The van der Waals surface area contributed by atoms with Gasteiger partial charge in [0.2, 0.25) is 5.91 Å². The summed E-state index contributed by atoms with van der Waals surface area (Å²) < 4.78 is 12.2. The number of hydrogen-bond acceptors (Lipinski definition) is 5. The minimum atomic E-state index is -0.125. The van der Waals surface area contributed by atoms with Gasteiger partial charge in [-0.25, -0.2) is 9.78 Å². The third-order valence-electron chi connectivity index (χ3n) is 7.27. The zero-order valence-corrected chi connectivity index (χ0v) is 21.0. The summed E-state index contributed by atoms with van der Waals surface area (Å²) in [6.45, 7) is 2.94. The fraction of sp³-hybridized carbons (Fsp3) is 0.536. The van der Waals surface area contributed by atoms with Crippen molar-refractivity contribution in [1.82, 2.24) is 15.6 Å². The average Bonchev–Trinajstić information content (AvgIpc) is 3.39. The molecule has 3 atom stereocenters. The van der Waals surface area contributed by atoms with Crippen LogP contribution in [0.15, 0.2) is 30.5 Å². The van der Waals surface area contributed by atoms with E-state index in [1.54, 1.807) is 6.20 Å². The summed E-state index contributed by atoms with van der Waals surface area (Å²) in [5.74, 6) is 2.93. The van der Waals surface area contributed by atoms with E-state index in [-0.39, 0.29) is 30.0 Å². The molecule has 3 heterocycles. The maximum Gasteiger partial charge on any atom is 0.315 e. The van der Waals surface area contributed by atoms with Crippen LogP contribution in [0.2, 0.25) is 0 Å². The minimum Gasteiger partial charge on any atom is -0.487 e. The van der Waals surface area contributed by atoms with Crippen LogP contribution in [-0.4, -0.2) is 35.6 Å². The first-order chi connectivity index (χ1) is 17.6. The average molecular weight is 493 g/mol. The number of nitrogens with one attached hydrogen (secondary N) is 3. The van der Waals surface area contributed by atoms with E-state index in [9.17, 15) is 9.59 Å². The summed E-state index contributed by atoms with van der Waals surface area (Å²) in [6, 6.07) is 7.48. The van der Waals surface area contributed by atoms with Crippen LogP contribution in [0, 0.1) is 0 Å². The van der Waals surface area contributed by atoms with Gasteiger partial charge >= 0.3 is 6.03 Å². The lowest BCUT2D eigenvalue weighted by Gasteiger charge is -2.19. The lowest BCUT2D eigenvalue weighted by Crippen LogP contribution is -2.39. The van der Waals surface area contributed by atoms with E-state index in [0.29, 0.717) is 36.7 Å². The van der Waals surface area contributed by atoms with Crippen LogP contribution >= 0.6 is 0 Å². The Balaban J connectivity index is 1.08. The maximum absolute atomic E-state index is 12.4. The Bertz CT molecular complexity index is 1100. The summed E-state index contributed by atoms with van der Waals surface area (Å²) in [4.78, 5) is 28.3. The highest BCUT2D eigenvalue weighted by Gasteiger charge is 2.59. The molecule has 0 bridgehead atoms. The first kappa shape index (κ1) is 24.4. The molecule has 36 heavy (non-hydrogen) atoms. The number of ether oxygens (including phenoxy) is 2. The van der Waals surface area contributed by atoms with E-state index in [2.05, 4.69) is 27.9 Å². The molecular formula is C28H36N4O4. The van der Waals surface area contributed by atoms with Crippen LogP contribution in [0.3, 0.4) is 0 Å². The number of benzene rings is 1. The topological polar surface area (TPSA) is 102 Å². The Morgan fingerprint density at radius 2 is 1.92 bits per heavy atom. The number of pyridine rings is 1. The highest BCUT2D eigenvalue weighted by Crippen LogP contribution is 2.54. The van der Waals surface area contributed by atoms with E-state index in [1.807, 2.05) is 24.3 Å². The first-order valence-corrected chi connectivity index (χ1v) is 13.4. The van der Waals surface area contributed by atoms with Crippen LogP contribution in [0.25, 0.3) is 0 Å². The Morgan fingerprint density at radius 1 is 1.11 bits per heavy atom. The van der Waals surface area contributed by atoms with Crippen molar-refractivity contribution in [3.63, 3.8) is 0 Å². The SMILES string of the molecule is CCCCCCCCCCNC(=O)N[C@@H]1C2Oc3ccc(Oc4ccnc5c4CCC(=O)N5)cc3[C@H]21. The van der Waals surface area contributed by atoms with Gasteiger partial charge < -0.3 is 25.4 Å². The van der Waals surface area contributed by atoms with Gasteiger partial charge in [0.25, 0.3) is 0 Å². The molecule has 0 saturated heterocycles. The molecule has 2 aromatic rings. The van der Waals surface area contributed by atoms with Crippen LogP contribution < -0.4 is 25.4 Å². The molecule has 2 aliphatic heterocycles. The Hall–Kier alpha value is -3.29. The summed E-state index contributed by atoms with van der Waals surface area (Å²) in [5, 5.41) is 8.86. The highest BCUT2D eigenvalue weighted by molar-refractivity contribution is 5.93. The van der Waals surface area contributed by atoms with Crippen molar-refractivity contribution in [2.75, 3.05) is 11.9 Å². The fourth-order valence-corrected chi connectivity index (χ4v) is 5.22. The molecule has 8 heteroatoms. The van der Waals surface area contributed by atoms with Gasteiger partial charge in [-0.2, -0.15) is 0 Å². The molecule has 192 valence electrons. The Morgan fingerprint density at radius 3 is 2.75 bits per heavy atom. The van der Waals surface area contributed by atoms with E-state index in [0.717, 1.165) is 29.7 Å². The van der Waals surface area contributed by atoms with Gasteiger partial charge in [-0.3, -0.25) is 4.79 Å². The smallest absolute Gasteiger partial charge is 0.315 e. The third-order valence-corrected chi connectivity index (χ3v) is 7.27. The maximum atomic E-state index is 12.4. The lowest BCUT2D eigenvalue weighted by atomic mass is 10.1. The van der Waals surface area contributed by atoms with Crippen molar-refractivity contribution in [1.29, 1.82) is 0 Å². The van der Waals surface area contributed by atoms with E-state index in [4.69, 9.17) is 9.47 Å². The number of aromatic nitrogens is 1. The Labute approximate surface area is 212 Å². The van der Waals surface area contributed by atoms with Crippen molar-refractivity contribution >= 4 is 17.8 Å². The molecule has 1 aromatic carbocycles.